The SMILES string of the molecule is NC(=O)C1CCS(=O)(=O)C12CN(C(=O)N(c1ccccc1)c1cc(-c3ccc4ncn(Cc5cccc(F)c5)c4c3)c(Cl)cn1)C2. The molecule has 2 fully saturated rings. The minimum Gasteiger partial charge on any atom is -0.369 e. The van der Waals surface area contributed by atoms with Gasteiger partial charge < -0.3 is 15.2 Å². The zero-order valence-corrected chi connectivity index (χ0v) is 26.0. The van der Waals surface area contributed by atoms with E-state index in [0.29, 0.717) is 22.8 Å². The highest BCUT2D eigenvalue weighted by Gasteiger charge is 2.64. The second kappa shape index (κ2) is 11.2. The van der Waals surface area contributed by atoms with Crippen molar-refractivity contribution >= 4 is 55.9 Å². The van der Waals surface area contributed by atoms with E-state index < -0.39 is 32.4 Å². The van der Waals surface area contributed by atoms with Crippen LogP contribution in [0.25, 0.3) is 22.2 Å². The largest absolute Gasteiger partial charge is 0.369 e. The molecule has 2 aliphatic heterocycles. The first-order chi connectivity index (χ1) is 22.1. The Kier molecular flexibility index (Phi) is 7.28. The number of carbonyl (C=O) groups is 2. The molecule has 1 unspecified atom stereocenters. The fraction of sp³-hybridized carbons (Fsp3) is 0.212. The molecule has 1 spiro atoms. The molecule has 2 saturated heterocycles. The van der Waals surface area contributed by atoms with E-state index in [2.05, 4.69) is 9.97 Å². The van der Waals surface area contributed by atoms with Crippen molar-refractivity contribution in [3.8, 4) is 11.1 Å². The first-order valence-electron chi connectivity index (χ1n) is 14.6. The molecular weight excluding hydrogens is 631 g/mol. The van der Waals surface area contributed by atoms with Crippen molar-refractivity contribution in [2.45, 2.75) is 17.7 Å². The van der Waals surface area contributed by atoms with E-state index in [1.54, 1.807) is 42.7 Å². The van der Waals surface area contributed by atoms with Crippen LogP contribution in [0.4, 0.5) is 20.7 Å². The summed E-state index contributed by atoms with van der Waals surface area (Å²) in [5.74, 6) is -1.71. The molecule has 7 rings (SSSR count). The van der Waals surface area contributed by atoms with Crippen molar-refractivity contribution in [2.24, 2.45) is 11.7 Å². The van der Waals surface area contributed by atoms with E-state index in [1.807, 2.05) is 34.9 Å². The molecule has 0 radical (unpaired) electrons. The number of nitrogens with two attached hydrogens (primary N) is 1. The molecule has 3 amide bonds. The Hall–Kier alpha value is -4.81. The first-order valence-corrected chi connectivity index (χ1v) is 16.6. The predicted octanol–water partition coefficient (Wildman–Crippen LogP) is 5.17. The van der Waals surface area contributed by atoms with Crippen LogP contribution in [-0.4, -0.2) is 63.4 Å². The normalized spacial score (nSPS) is 18.0. The monoisotopic (exact) mass is 658 g/mol. The van der Waals surface area contributed by atoms with Gasteiger partial charge in [-0.1, -0.05) is 48.0 Å². The third kappa shape index (κ3) is 4.97. The van der Waals surface area contributed by atoms with Gasteiger partial charge in [0.25, 0.3) is 0 Å². The first kappa shape index (κ1) is 29.9. The Labute approximate surface area is 269 Å². The number of sulfone groups is 1. The van der Waals surface area contributed by atoms with Gasteiger partial charge in [0.2, 0.25) is 5.91 Å². The summed E-state index contributed by atoms with van der Waals surface area (Å²) in [6, 6.07) is 22.1. The number of hydrogen-bond donors (Lipinski definition) is 1. The number of para-hydroxylation sites is 1. The zero-order chi connectivity index (χ0) is 32.2. The minimum atomic E-state index is -3.62. The number of carbonyl (C=O) groups excluding carboxylic acids is 2. The van der Waals surface area contributed by atoms with Crippen LogP contribution in [0.15, 0.2) is 91.4 Å². The van der Waals surface area contributed by atoms with Gasteiger partial charge in [-0.15, -0.1) is 0 Å². The molecule has 0 saturated carbocycles. The Bertz CT molecular complexity index is 2120. The fourth-order valence-corrected chi connectivity index (χ4v) is 9.06. The lowest BCUT2D eigenvalue weighted by atomic mass is 9.83. The number of rotatable bonds is 6. The number of aromatic nitrogens is 3. The molecule has 13 heteroatoms. The molecule has 234 valence electrons. The predicted molar refractivity (Wildman–Crippen MR) is 173 cm³/mol. The van der Waals surface area contributed by atoms with Gasteiger partial charge >= 0.3 is 6.03 Å². The van der Waals surface area contributed by atoms with Gasteiger partial charge in [0, 0.05) is 31.4 Å². The second-order valence-electron chi connectivity index (χ2n) is 11.7. The van der Waals surface area contributed by atoms with Gasteiger partial charge in [-0.25, -0.2) is 32.5 Å². The molecule has 2 aromatic heterocycles. The number of nitrogens with zero attached hydrogens (tertiary/aromatic N) is 5. The van der Waals surface area contributed by atoms with Crippen LogP contribution in [0.5, 0.6) is 0 Å². The van der Waals surface area contributed by atoms with Crippen molar-refractivity contribution < 1.29 is 22.4 Å². The number of primary amides is 1. The topological polar surface area (TPSA) is 131 Å². The quantitative estimate of drug-likeness (QED) is 0.268. The average Bonchev–Trinajstić information content (AvgIpc) is 3.54. The third-order valence-electron chi connectivity index (χ3n) is 8.91. The summed E-state index contributed by atoms with van der Waals surface area (Å²) < 4.78 is 40.4. The van der Waals surface area contributed by atoms with Crippen molar-refractivity contribution in [1.29, 1.82) is 0 Å². The summed E-state index contributed by atoms with van der Waals surface area (Å²) in [4.78, 5) is 38.0. The van der Waals surface area contributed by atoms with Crippen LogP contribution < -0.4 is 10.6 Å². The maximum absolute atomic E-state index is 14.1. The number of likely N-dealkylation sites (tertiary alicyclic amines) is 1. The van der Waals surface area contributed by atoms with E-state index in [4.69, 9.17) is 17.3 Å². The highest BCUT2D eigenvalue weighted by molar-refractivity contribution is 7.93. The summed E-state index contributed by atoms with van der Waals surface area (Å²) in [5, 5.41) is 0.351. The summed E-state index contributed by atoms with van der Waals surface area (Å²) in [7, 11) is -3.62. The zero-order valence-electron chi connectivity index (χ0n) is 24.4. The molecule has 4 heterocycles. The lowest BCUT2D eigenvalue weighted by Crippen LogP contribution is -2.71. The van der Waals surface area contributed by atoms with Gasteiger partial charge in [-0.2, -0.15) is 0 Å². The van der Waals surface area contributed by atoms with Crippen molar-refractivity contribution in [3.05, 3.63) is 108 Å². The summed E-state index contributed by atoms with van der Waals surface area (Å²) in [6.07, 6.45) is 3.31. The fourth-order valence-electron chi connectivity index (χ4n) is 6.52. The van der Waals surface area contributed by atoms with Crippen LogP contribution in [0, 0.1) is 11.7 Å². The molecule has 0 aliphatic carbocycles. The molecule has 1 atom stereocenters. The molecule has 5 aromatic rings. The number of hydrogen-bond acceptors (Lipinski definition) is 6. The molecule has 10 nitrogen and oxygen atoms in total. The van der Waals surface area contributed by atoms with Crippen LogP contribution in [0.3, 0.4) is 0 Å². The van der Waals surface area contributed by atoms with Crippen molar-refractivity contribution in [1.82, 2.24) is 19.4 Å². The number of urea groups is 1. The maximum atomic E-state index is 14.1. The highest BCUT2D eigenvalue weighted by Crippen LogP contribution is 2.46. The lowest BCUT2D eigenvalue weighted by Gasteiger charge is -2.50. The standard InChI is InChI=1S/C33H28ClFN6O4S/c34-27-16-37-30(15-25(27)22-9-10-28-29(14-22)39(20-38-28)17-21-5-4-6-23(35)13-21)41(24-7-2-1-3-8-24)32(43)40-18-33(19-40)26(31(36)42)11-12-46(33,44)45/h1-10,13-16,20,26H,11-12,17-19H2,(H2,36,42). The molecule has 2 N–H and O–H groups in total. The second-order valence-corrected chi connectivity index (χ2v) is 14.5. The third-order valence-corrected chi connectivity index (χ3v) is 11.8. The Balaban J connectivity index is 1.24. The van der Waals surface area contributed by atoms with E-state index in [1.165, 1.54) is 28.1 Å². The van der Waals surface area contributed by atoms with Gasteiger partial charge in [-0.3, -0.25) is 4.79 Å². The van der Waals surface area contributed by atoms with Gasteiger partial charge in [0.1, 0.15) is 16.4 Å². The van der Waals surface area contributed by atoms with Crippen molar-refractivity contribution in [3.63, 3.8) is 0 Å². The number of imidazole rings is 1. The minimum absolute atomic E-state index is 0.140. The number of amides is 3. The lowest BCUT2D eigenvalue weighted by molar-refractivity contribution is -0.124. The van der Waals surface area contributed by atoms with Crippen LogP contribution in [0.2, 0.25) is 5.02 Å². The molecule has 46 heavy (non-hydrogen) atoms. The Morgan fingerprint density at radius 2 is 1.80 bits per heavy atom. The summed E-state index contributed by atoms with van der Waals surface area (Å²) in [5.41, 5.74) is 9.77. The van der Waals surface area contributed by atoms with Crippen LogP contribution in [-0.2, 0) is 21.2 Å². The number of benzene rings is 3. The summed E-state index contributed by atoms with van der Waals surface area (Å²) >= 11 is 6.68. The smallest absolute Gasteiger partial charge is 0.330 e. The Morgan fingerprint density at radius 3 is 2.54 bits per heavy atom. The van der Waals surface area contributed by atoms with Crippen LogP contribution >= 0.6 is 11.6 Å². The Morgan fingerprint density at radius 1 is 1.02 bits per heavy atom. The number of pyridine rings is 1. The van der Waals surface area contributed by atoms with Gasteiger partial charge in [-0.05, 0) is 60.0 Å². The highest BCUT2D eigenvalue weighted by atomic mass is 35.5. The van der Waals surface area contributed by atoms with E-state index in [-0.39, 0.29) is 36.9 Å². The molecule has 2 aliphatic rings. The summed E-state index contributed by atoms with van der Waals surface area (Å²) in [6.45, 7) is 0.127. The number of halogens is 2. The van der Waals surface area contributed by atoms with Gasteiger partial charge in [0.15, 0.2) is 9.84 Å². The van der Waals surface area contributed by atoms with E-state index in [0.717, 1.165) is 22.2 Å². The number of fused-ring (bicyclic) bond motifs is 1. The molecular formula is C33H28ClFN6O4S. The molecule has 3 aromatic carbocycles. The van der Waals surface area contributed by atoms with Crippen molar-refractivity contribution in [2.75, 3.05) is 23.7 Å². The molecule has 0 bridgehead atoms. The maximum Gasteiger partial charge on any atom is 0.330 e. The van der Waals surface area contributed by atoms with Crippen LogP contribution in [0.1, 0.15) is 12.0 Å². The average molecular weight is 659 g/mol. The van der Waals surface area contributed by atoms with Gasteiger partial charge in [0.05, 0.1) is 39.7 Å². The van der Waals surface area contributed by atoms with E-state index in [9.17, 15) is 22.4 Å². The van der Waals surface area contributed by atoms with E-state index >= 15 is 0 Å². The number of anilines is 2.